The monoisotopic (exact) mass is 573 g/mol. The lowest BCUT2D eigenvalue weighted by molar-refractivity contribution is -0.138. The Kier molecular flexibility index (Phi) is 8.17. The van der Waals surface area contributed by atoms with Crippen molar-refractivity contribution in [3.63, 3.8) is 0 Å². The molecular formula is C30H29F6N5. The fourth-order valence-electron chi connectivity index (χ4n) is 5.26. The average Bonchev–Trinajstić information content (AvgIpc) is 2.95. The molecular weight excluding hydrogens is 544 g/mol. The number of pyridine rings is 1. The molecule has 2 aromatic heterocycles. The molecule has 5 rings (SSSR count). The van der Waals surface area contributed by atoms with Crippen LogP contribution in [0.3, 0.4) is 0 Å². The van der Waals surface area contributed by atoms with Crippen LogP contribution in [0, 0.1) is 0 Å². The van der Waals surface area contributed by atoms with Gasteiger partial charge in [0.2, 0.25) is 0 Å². The normalized spacial score (nSPS) is 15.7. The maximum absolute atomic E-state index is 13.8. The molecule has 1 atom stereocenters. The van der Waals surface area contributed by atoms with E-state index in [4.69, 9.17) is 9.97 Å². The number of likely N-dealkylation sites (tertiary alicyclic amines) is 1. The molecule has 0 aliphatic carbocycles. The van der Waals surface area contributed by atoms with Crippen molar-refractivity contribution >= 4 is 22.4 Å². The highest BCUT2D eigenvalue weighted by Crippen LogP contribution is 2.38. The molecule has 2 aromatic carbocycles. The molecule has 0 spiro atoms. The number of fused-ring (bicyclic) bond motifs is 1. The Morgan fingerprint density at radius 1 is 0.878 bits per heavy atom. The van der Waals surface area contributed by atoms with Gasteiger partial charge in [-0.25, -0.2) is 9.97 Å². The van der Waals surface area contributed by atoms with Crippen LogP contribution in [-0.2, 0) is 12.4 Å². The van der Waals surface area contributed by atoms with E-state index in [1.165, 1.54) is 30.5 Å². The van der Waals surface area contributed by atoms with Crippen molar-refractivity contribution in [1.82, 2.24) is 19.9 Å². The standard InChI is InChI=1S/C30H29F6N5/c1-2-7-25(41-16-4-3-5-17-41)28-39-24-18-19(26-23(30(34,35)36)8-6-15-37-26)9-14-22(24)27(40-28)38-21-12-10-20(11-13-21)29(31,32)33/h6,8-15,18,25H,2-5,7,16-17H2,1H3,(H,38,39,40). The number of benzene rings is 2. The summed E-state index contributed by atoms with van der Waals surface area (Å²) in [6.45, 7) is 3.84. The molecule has 1 N–H and O–H groups in total. The Hall–Kier alpha value is -3.73. The zero-order chi connectivity index (χ0) is 29.2. The molecule has 1 fully saturated rings. The molecule has 216 valence electrons. The van der Waals surface area contributed by atoms with Crippen LogP contribution in [0.25, 0.3) is 22.2 Å². The third kappa shape index (κ3) is 6.45. The second-order valence-corrected chi connectivity index (χ2v) is 10.2. The van der Waals surface area contributed by atoms with E-state index < -0.39 is 23.5 Å². The molecule has 1 aliphatic rings. The van der Waals surface area contributed by atoms with E-state index in [1.54, 1.807) is 12.1 Å². The highest BCUT2D eigenvalue weighted by atomic mass is 19.4. The number of aromatic nitrogens is 3. The second kappa shape index (κ2) is 11.6. The van der Waals surface area contributed by atoms with E-state index in [-0.39, 0.29) is 17.3 Å². The molecule has 1 aliphatic heterocycles. The summed E-state index contributed by atoms with van der Waals surface area (Å²) < 4.78 is 80.6. The van der Waals surface area contributed by atoms with Gasteiger partial charge in [0.1, 0.15) is 11.6 Å². The molecule has 3 heterocycles. The van der Waals surface area contributed by atoms with Crippen molar-refractivity contribution in [3.05, 3.63) is 77.7 Å². The van der Waals surface area contributed by atoms with Gasteiger partial charge < -0.3 is 5.32 Å². The van der Waals surface area contributed by atoms with Gasteiger partial charge in [0, 0.05) is 22.8 Å². The number of rotatable bonds is 7. The first-order valence-corrected chi connectivity index (χ1v) is 13.6. The number of nitrogens with one attached hydrogen (secondary N) is 1. The minimum absolute atomic E-state index is 0.109. The van der Waals surface area contributed by atoms with Crippen molar-refractivity contribution in [2.45, 2.75) is 57.4 Å². The third-order valence-electron chi connectivity index (χ3n) is 7.27. The maximum atomic E-state index is 13.8. The summed E-state index contributed by atoms with van der Waals surface area (Å²) in [7, 11) is 0. The van der Waals surface area contributed by atoms with Crippen molar-refractivity contribution in [1.29, 1.82) is 0 Å². The van der Waals surface area contributed by atoms with Crippen LogP contribution in [-0.4, -0.2) is 32.9 Å². The molecule has 0 radical (unpaired) electrons. The SMILES string of the molecule is CCCC(c1nc(Nc2ccc(C(F)(F)F)cc2)c2ccc(-c3ncccc3C(F)(F)F)cc2n1)N1CCCCC1. The highest BCUT2D eigenvalue weighted by molar-refractivity contribution is 5.93. The van der Waals surface area contributed by atoms with Crippen LogP contribution in [0.4, 0.5) is 37.8 Å². The zero-order valence-electron chi connectivity index (χ0n) is 22.4. The van der Waals surface area contributed by atoms with E-state index in [0.717, 1.165) is 63.4 Å². The Morgan fingerprint density at radius 2 is 1.61 bits per heavy atom. The molecule has 11 heteroatoms. The quantitative estimate of drug-likeness (QED) is 0.224. The van der Waals surface area contributed by atoms with Crippen LogP contribution in [0.1, 0.15) is 62.0 Å². The predicted octanol–water partition coefficient (Wildman–Crippen LogP) is 8.80. The number of nitrogens with zero attached hydrogens (tertiary/aromatic N) is 4. The first-order valence-electron chi connectivity index (χ1n) is 13.6. The number of hydrogen-bond acceptors (Lipinski definition) is 5. The summed E-state index contributed by atoms with van der Waals surface area (Å²) in [6, 6.07) is 11.4. The van der Waals surface area contributed by atoms with Gasteiger partial charge >= 0.3 is 12.4 Å². The number of anilines is 2. The molecule has 4 aromatic rings. The van der Waals surface area contributed by atoms with Gasteiger partial charge in [-0.15, -0.1) is 0 Å². The van der Waals surface area contributed by atoms with E-state index in [1.807, 2.05) is 0 Å². The first-order chi connectivity index (χ1) is 19.5. The topological polar surface area (TPSA) is 53.9 Å². The van der Waals surface area contributed by atoms with Gasteiger partial charge in [-0.1, -0.05) is 25.8 Å². The summed E-state index contributed by atoms with van der Waals surface area (Å²) >= 11 is 0. The van der Waals surface area contributed by atoms with Crippen LogP contribution in [0.15, 0.2) is 60.8 Å². The summed E-state index contributed by atoms with van der Waals surface area (Å²) in [5.74, 6) is 0.886. The van der Waals surface area contributed by atoms with Crippen LogP contribution >= 0.6 is 0 Å². The minimum atomic E-state index is -4.59. The van der Waals surface area contributed by atoms with Gasteiger partial charge in [-0.3, -0.25) is 9.88 Å². The Labute approximate surface area is 233 Å². The Morgan fingerprint density at radius 3 is 2.27 bits per heavy atom. The number of halogens is 6. The molecule has 5 nitrogen and oxygen atoms in total. The van der Waals surface area contributed by atoms with Crippen molar-refractivity contribution < 1.29 is 26.3 Å². The fraction of sp³-hybridized carbons (Fsp3) is 0.367. The first kappa shape index (κ1) is 28.8. The number of alkyl halides is 6. The second-order valence-electron chi connectivity index (χ2n) is 10.2. The smallest absolute Gasteiger partial charge is 0.340 e. The number of hydrogen-bond donors (Lipinski definition) is 1. The molecule has 1 unspecified atom stereocenters. The van der Waals surface area contributed by atoms with E-state index >= 15 is 0 Å². The summed E-state index contributed by atoms with van der Waals surface area (Å²) in [5.41, 5.74) is -0.777. The summed E-state index contributed by atoms with van der Waals surface area (Å²) in [4.78, 5) is 16.0. The van der Waals surface area contributed by atoms with Gasteiger partial charge in [-0.2, -0.15) is 26.3 Å². The van der Waals surface area contributed by atoms with Gasteiger partial charge in [0.05, 0.1) is 28.4 Å². The van der Waals surface area contributed by atoms with Crippen molar-refractivity contribution in [2.24, 2.45) is 0 Å². The predicted molar refractivity (Wildman–Crippen MR) is 146 cm³/mol. The molecule has 0 amide bonds. The highest BCUT2D eigenvalue weighted by Gasteiger charge is 2.34. The van der Waals surface area contributed by atoms with Gasteiger partial charge in [0.15, 0.2) is 0 Å². The van der Waals surface area contributed by atoms with E-state index in [9.17, 15) is 26.3 Å². The lowest BCUT2D eigenvalue weighted by Crippen LogP contribution is -2.34. The lowest BCUT2D eigenvalue weighted by Gasteiger charge is -2.33. The fourth-order valence-corrected chi connectivity index (χ4v) is 5.26. The van der Waals surface area contributed by atoms with Gasteiger partial charge in [-0.05, 0) is 80.9 Å². The maximum Gasteiger partial charge on any atom is 0.418 e. The molecule has 0 bridgehead atoms. The van der Waals surface area contributed by atoms with E-state index in [2.05, 4.69) is 22.1 Å². The van der Waals surface area contributed by atoms with Crippen LogP contribution in [0.5, 0.6) is 0 Å². The van der Waals surface area contributed by atoms with Crippen LogP contribution < -0.4 is 5.32 Å². The minimum Gasteiger partial charge on any atom is -0.340 e. The van der Waals surface area contributed by atoms with Crippen molar-refractivity contribution in [2.75, 3.05) is 18.4 Å². The third-order valence-corrected chi connectivity index (χ3v) is 7.27. The van der Waals surface area contributed by atoms with E-state index in [0.29, 0.717) is 28.2 Å². The Bertz CT molecular complexity index is 1490. The Balaban J connectivity index is 1.63. The van der Waals surface area contributed by atoms with Crippen molar-refractivity contribution in [3.8, 4) is 11.3 Å². The molecule has 1 saturated heterocycles. The average molecular weight is 574 g/mol. The summed E-state index contributed by atoms with van der Waals surface area (Å²) in [6.07, 6.45) is -2.86. The zero-order valence-corrected chi connectivity index (χ0v) is 22.4. The number of piperidine rings is 1. The van der Waals surface area contributed by atoms with Crippen LogP contribution in [0.2, 0.25) is 0 Å². The summed E-state index contributed by atoms with van der Waals surface area (Å²) in [5, 5.41) is 3.65. The van der Waals surface area contributed by atoms with Gasteiger partial charge in [0.25, 0.3) is 0 Å². The molecule has 41 heavy (non-hydrogen) atoms. The lowest BCUT2D eigenvalue weighted by atomic mass is 10.0. The molecule has 0 saturated carbocycles. The largest absolute Gasteiger partial charge is 0.418 e.